The fourth-order valence-corrected chi connectivity index (χ4v) is 4.44. The zero-order valence-corrected chi connectivity index (χ0v) is 20.9. The van der Waals surface area contributed by atoms with Crippen molar-refractivity contribution in [1.29, 1.82) is 0 Å². The van der Waals surface area contributed by atoms with Crippen LogP contribution in [0.25, 0.3) is 0 Å². The van der Waals surface area contributed by atoms with Crippen LogP contribution in [0, 0.1) is 0 Å². The second-order valence-corrected chi connectivity index (χ2v) is 10.4. The van der Waals surface area contributed by atoms with Gasteiger partial charge in [-0.3, -0.25) is 0 Å². The average molecular weight is 545 g/mol. The van der Waals surface area contributed by atoms with Crippen LogP contribution in [0.1, 0.15) is 27.2 Å². The molecule has 3 aliphatic heterocycles. The Labute approximate surface area is 213 Å². The van der Waals surface area contributed by atoms with Crippen molar-refractivity contribution in [1.82, 2.24) is 0 Å². The van der Waals surface area contributed by atoms with E-state index < -0.39 is 111 Å². The van der Waals surface area contributed by atoms with Gasteiger partial charge in [-0.1, -0.05) is 0 Å². The molecular weight excluding hydrogens is 504 g/mol. The Kier molecular flexibility index (Phi) is 10.6. The largest absolute Gasteiger partial charge is 0.394 e. The molecule has 0 aromatic heterocycles. The topological polar surface area (TPSA) is 237 Å². The first kappa shape index (κ1) is 30.9. The summed E-state index contributed by atoms with van der Waals surface area (Å²) in [5.74, 6) is 0. The van der Waals surface area contributed by atoms with Crippen molar-refractivity contribution >= 4 is 0 Å². The molecular formula is C22H40O15. The number of hydrogen-bond donors (Lipinski definition) is 9. The van der Waals surface area contributed by atoms with E-state index in [9.17, 15) is 46.0 Å². The lowest BCUT2D eigenvalue weighted by Gasteiger charge is -2.47. The molecule has 9 N–H and O–H groups in total. The van der Waals surface area contributed by atoms with Gasteiger partial charge in [0.05, 0.1) is 31.5 Å². The summed E-state index contributed by atoms with van der Waals surface area (Å²) in [7, 11) is 0. The van der Waals surface area contributed by atoms with E-state index in [1.54, 1.807) is 20.8 Å². The molecule has 0 saturated carbocycles. The van der Waals surface area contributed by atoms with Gasteiger partial charge in [0.2, 0.25) is 0 Å². The summed E-state index contributed by atoms with van der Waals surface area (Å²) in [6, 6.07) is 0. The molecule has 0 radical (unpaired) electrons. The summed E-state index contributed by atoms with van der Waals surface area (Å²) in [6.07, 6.45) is -20.4. The van der Waals surface area contributed by atoms with Crippen molar-refractivity contribution in [3.05, 3.63) is 0 Å². The van der Waals surface area contributed by atoms with Gasteiger partial charge in [-0.05, 0) is 20.8 Å². The van der Waals surface area contributed by atoms with Gasteiger partial charge in [0.25, 0.3) is 0 Å². The van der Waals surface area contributed by atoms with Crippen LogP contribution in [0.15, 0.2) is 0 Å². The number of rotatable bonds is 8. The molecule has 0 spiro atoms. The number of aliphatic hydroxyl groups excluding tert-OH is 9. The van der Waals surface area contributed by atoms with Crippen LogP contribution in [0.2, 0.25) is 0 Å². The standard InChI is InChI=1S/C22H40O15/c1-22(2,3)37-19-8(26)4-9(10(5-23)33-19)32-21-17(31)18(14(28)12(7-25)35-21)36-20-16(30)15(29)13(27)11(6-24)34-20/h8-21,23-31H,4-7H2,1-3H3/t8?,9-,10?,11?,12?,13-,14-,15-,16?,17?,18-,19-,20+,21+/m0/s1. The van der Waals surface area contributed by atoms with Crippen LogP contribution < -0.4 is 0 Å². The van der Waals surface area contributed by atoms with Crippen LogP contribution in [0.3, 0.4) is 0 Å². The highest BCUT2D eigenvalue weighted by Crippen LogP contribution is 2.33. The molecule has 0 aliphatic carbocycles. The summed E-state index contributed by atoms with van der Waals surface area (Å²) >= 11 is 0. The Hall–Kier alpha value is -0.600. The van der Waals surface area contributed by atoms with Gasteiger partial charge in [0.15, 0.2) is 18.9 Å². The maximum atomic E-state index is 10.9. The lowest BCUT2D eigenvalue weighted by molar-refractivity contribution is -0.374. The molecule has 15 nitrogen and oxygen atoms in total. The van der Waals surface area contributed by atoms with Crippen LogP contribution in [0.5, 0.6) is 0 Å². The maximum absolute atomic E-state index is 10.9. The van der Waals surface area contributed by atoms with Gasteiger partial charge in [-0.25, -0.2) is 0 Å². The molecule has 3 rings (SSSR count). The van der Waals surface area contributed by atoms with E-state index in [0.29, 0.717) is 0 Å². The van der Waals surface area contributed by atoms with Crippen molar-refractivity contribution in [3.63, 3.8) is 0 Å². The van der Waals surface area contributed by atoms with Gasteiger partial charge in [-0.15, -0.1) is 0 Å². The third kappa shape index (κ3) is 7.13. The van der Waals surface area contributed by atoms with Crippen molar-refractivity contribution in [2.75, 3.05) is 19.8 Å². The van der Waals surface area contributed by atoms with E-state index in [-0.39, 0.29) is 6.42 Å². The fraction of sp³-hybridized carbons (Fsp3) is 1.00. The van der Waals surface area contributed by atoms with Gasteiger partial charge in [0, 0.05) is 6.42 Å². The zero-order valence-electron chi connectivity index (χ0n) is 20.9. The number of hydrogen-bond acceptors (Lipinski definition) is 15. The van der Waals surface area contributed by atoms with E-state index in [2.05, 4.69) is 0 Å². The summed E-state index contributed by atoms with van der Waals surface area (Å²) in [5, 5.41) is 91.2. The van der Waals surface area contributed by atoms with Gasteiger partial charge >= 0.3 is 0 Å². The van der Waals surface area contributed by atoms with Crippen LogP contribution in [0.4, 0.5) is 0 Å². The quantitative estimate of drug-likeness (QED) is 0.139. The van der Waals surface area contributed by atoms with E-state index in [1.165, 1.54) is 0 Å². The minimum absolute atomic E-state index is 0.0802. The normalized spacial score (nSPS) is 47.7. The molecule has 3 aliphatic rings. The Morgan fingerprint density at radius 3 is 1.68 bits per heavy atom. The molecule has 218 valence electrons. The van der Waals surface area contributed by atoms with Crippen LogP contribution in [-0.2, 0) is 28.4 Å². The van der Waals surface area contributed by atoms with Crippen molar-refractivity contribution in [2.24, 2.45) is 0 Å². The first-order chi connectivity index (χ1) is 17.3. The van der Waals surface area contributed by atoms with Crippen molar-refractivity contribution in [2.45, 2.75) is 119 Å². The number of aliphatic hydroxyl groups is 9. The minimum Gasteiger partial charge on any atom is -0.394 e. The predicted octanol–water partition coefficient (Wildman–Crippen LogP) is -4.72. The molecule has 37 heavy (non-hydrogen) atoms. The first-order valence-electron chi connectivity index (χ1n) is 12.2. The second kappa shape index (κ2) is 12.7. The maximum Gasteiger partial charge on any atom is 0.187 e. The zero-order chi connectivity index (χ0) is 27.7. The summed E-state index contributed by atoms with van der Waals surface area (Å²) in [4.78, 5) is 0. The Balaban J connectivity index is 1.73. The third-order valence-electron chi connectivity index (χ3n) is 6.43. The molecule has 0 bridgehead atoms. The Morgan fingerprint density at radius 2 is 1.14 bits per heavy atom. The number of ether oxygens (including phenoxy) is 6. The van der Waals surface area contributed by atoms with Crippen LogP contribution in [-0.4, -0.2) is 157 Å². The second-order valence-electron chi connectivity index (χ2n) is 10.4. The molecule has 3 saturated heterocycles. The molecule has 6 unspecified atom stereocenters. The lowest BCUT2D eigenvalue weighted by atomic mass is 9.96. The molecule has 0 aromatic carbocycles. The summed E-state index contributed by atoms with van der Waals surface area (Å²) in [6.45, 7) is 3.32. The van der Waals surface area contributed by atoms with Gasteiger partial charge < -0.3 is 74.4 Å². The molecule has 3 heterocycles. The predicted molar refractivity (Wildman–Crippen MR) is 118 cm³/mol. The molecule has 3 fully saturated rings. The lowest BCUT2D eigenvalue weighted by Crippen LogP contribution is -2.65. The van der Waals surface area contributed by atoms with Crippen molar-refractivity contribution < 1.29 is 74.4 Å². The monoisotopic (exact) mass is 544 g/mol. The van der Waals surface area contributed by atoms with Crippen LogP contribution >= 0.6 is 0 Å². The van der Waals surface area contributed by atoms with E-state index in [1.807, 2.05) is 0 Å². The van der Waals surface area contributed by atoms with E-state index >= 15 is 0 Å². The molecule has 14 atom stereocenters. The SMILES string of the molecule is CC(C)(C)O[C@@H]1OC(CO)[C@@H](O[C@@H]2OC(CO)[C@H](O)[C@H](O[C@H]3OC(CO)[C@H](O)[C@H](O)C3O)C2O)CC1O. The highest BCUT2D eigenvalue weighted by molar-refractivity contribution is 4.95. The van der Waals surface area contributed by atoms with Gasteiger partial charge in [0.1, 0.15) is 61.0 Å². The molecule has 0 aromatic rings. The highest BCUT2D eigenvalue weighted by Gasteiger charge is 2.52. The Bertz CT molecular complexity index is 704. The smallest absolute Gasteiger partial charge is 0.187 e. The van der Waals surface area contributed by atoms with E-state index in [4.69, 9.17) is 28.4 Å². The minimum atomic E-state index is -1.81. The fourth-order valence-electron chi connectivity index (χ4n) is 4.44. The highest BCUT2D eigenvalue weighted by atomic mass is 16.8. The van der Waals surface area contributed by atoms with Gasteiger partial charge in [-0.2, -0.15) is 0 Å². The Morgan fingerprint density at radius 1 is 0.622 bits per heavy atom. The first-order valence-corrected chi connectivity index (χ1v) is 12.2. The molecule has 15 heteroatoms. The average Bonchev–Trinajstić information content (AvgIpc) is 2.84. The van der Waals surface area contributed by atoms with E-state index in [0.717, 1.165) is 0 Å². The summed E-state index contributed by atoms with van der Waals surface area (Å²) < 4.78 is 33.4. The van der Waals surface area contributed by atoms with Crippen molar-refractivity contribution in [3.8, 4) is 0 Å². The molecule has 0 amide bonds. The summed E-state index contributed by atoms with van der Waals surface area (Å²) in [5.41, 5.74) is -0.651. The third-order valence-corrected chi connectivity index (χ3v) is 6.43.